The van der Waals surface area contributed by atoms with Gasteiger partial charge in [-0.3, -0.25) is 0 Å². The lowest BCUT2D eigenvalue weighted by atomic mass is 9.97. The molecule has 0 aliphatic heterocycles. The number of hydrogen-bond acceptors (Lipinski definition) is 1. The fraction of sp³-hybridized carbons (Fsp3) is 0.0417. The Hall–Kier alpha value is -6.38. The highest BCUT2D eigenvalue weighted by Crippen LogP contribution is 2.44. The van der Waals surface area contributed by atoms with Crippen LogP contribution in [0.1, 0.15) is 12.5 Å². The lowest BCUT2D eigenvalue weighted by Crippen LogP contribution is -2.11. The zero-order chi connectivity index (χ0) is 33.4. The molecule has 0 radical (unpaired) electrons. The molecule has 1 heterocycles. The normalized spacial score (nSPS) is 11.4. The summed E-state index contributed by atoms with van der Waals surface area (Å²) in [6, 6.07) is 68.3. The van der Waals surface area contributed by atoms with Gasteiger partial charge in [0.25, 0.3) is 0 Å². The average Bonchev–Trinajstić information content (AvgIpc) is 3.54. The summed E-state index contributed by atoms with van der Waals surface area (Å²) in [5.74, 6) is 0. The Balaban J connectivity index is 1.26. The number of rotatable bonds is 7. The van der Waals surface area contributed by atoms with Crippen molar-refractivity contribution in [3.63, 3.8) is 0 Å². The smallest absolute Gasteiger partial charge is 0.0547 e. The summed E-state index contributed by atoms with van der Waals surface area (Å²) in [5.41, 5.74) is 13.1. The van der Waals surface area contributed by atoms with Crippen molar-refractivity contribution in [1.29, 1.82) is 0 Å². The molecule has 2 nitrogen and oxygen atoms in total. The standard InChI is InChI=1S/C48H36N2/c1-2-34-28-30-46(43(32-34)35-16-5-3-6-17-35)49(38-20-7-4-8-21-38)39-22-15-19-37(33-39)40-23-11-13-26-44(40)50-45-27-14-12-25-42(45)48-41-24-10-9-18-36(41)29-31-47(48)50/h3-33H,2H2,1H3. The number of benzene rings is 8. The van der Waals surface area contributed by atoms with Crippen molar-refractivity contribution in [3.8, 4) is 27.9 Å². The van der Waals surface area contributed by atoms with Crippen LogP contribution in [0.15, 0.2) is 188 Å². The summed E-state index contributed by atoms with van der Waals surface area (Å²) in [5, 5.41) is 5.09. The first kappa shape index (κ1) is 29.7. The van der Waals surface area contributed by atoms with Crippen LogP contribution in [0.25, 0.3) is 60.5 Å². The third-order valence-electron chi connectivity index (χ3n) is 9.93. The Morgan fingerprint density at radius 1 is 0.460 bits per heavy atom. The van der Waals surface area contributed by atoms with E-state index in [1.807, 2.05) is 0 Å². The van der Waals surface area contributed by atoms with Gasteiger partial charge in [0.15, 0.2) is 0 Å². The van der Waals surface area contributed by atoms with E-state index in [4.69, 9.17) is 0 Å². The number of fused-ring (bicyclic) bond motifs is 5. The van der Waals surface area contributed by atoms with E-state index in [1.165, 1.54) is 54.8 Å². The molecule has 8 aromatic carbocycles. The van der Waals surface area contributed by atoms with Crippen molar-refractivity contribution in [2.45, 2.75) is 13.3 Å². The van der Waals surface area contributed by atoms with Gasteiger partial charge in [-0.2, -0.15) is 0 Å². The summed E-state index contributed by atoms with van der Waals surface area (Å²) in [6.45, 7) is 2.22. The minimum atomic E-state index is 0.982. The Labute approximate surface area is 293 Å². The molecule has 50 heavy (non-hydrogen) atoms. The molecule has 2 heteroatoms. The van der Waals surface area contributed by atoms with E-state index in [1.54, 1.807) is 0 Å². The van der Waals surface area contributed by atoms with Gasteiger partial charge in [0, 0.05) is 33.3 Å². The molecule has 238 valence electrons. The average molecular weight is 641 g/mol. The molecular formula is C48H36N2. The van der Waals surface area contributed by atoms with Crippen LogP contribution >= 0.6 is 0 Å². The quantitative estimate of drug-likeness (QED) is 0.168. The maximum Gasteiger partial charge on any atom is 0.0547 e. The summed E-state index contributed by atoms with van der Waals surface area (Å²) in [6.07, 6.45) is 0.982. The van der Waals surface area contributed by atoms with Crippen LogP contribution in [0.3, 0.4) is 0 Å². The lowest BCUT2D eigenvalue weighted by Gasteiger charge is -2.29. The number of nitrogens with zero attached hydrogens (tertiary/aromatic N) is 2. The second-order valence-electron chi connectivity index (χ2n) is 12.8. The van der Waals surface area contributed by atoms with Gasteiger partial charge < -0.3 is 9.47 Å². The molecule has 9 aromatic rings. The molecule has 0 saturated carbocycles. The summed E-state index contributed by atoms with van der Waals surface area (Å²) in [4.78, 5) is 2.40. The van der Waals surface area contributed by atoms with E-state index in [0.717, 1.165) is 34.7 Å². The molecule has 0 amide bonds. The Morgan fingerprint density at radius 2 is 1.14 bits per heavy atom. The van der Waals surface area contributed by atoms with Gasteiger partial charge in [0.1, 0.15) is 0 Å². The van der Waals surface area contributed by atoms with Crippen LogP contribution < -0.4 is 4.90 Å². The minimum Gasteiger partial charge on any atom is -0.310 e. The summed E-state index contributed by atoms with van der Waals surface area (Å²) < 4.78 is 2.45. The number of aryl methyl sites for hydroxylation is 1. The highest BCUT2D eigenvalue weighted by atomic mass is 15.1. The van der Waals surface area contributed by atoms with Crippen LogP contribution in [0.2, 0.25) is 0 Å². The molecule has 0 bridgehead atoms. The highest BCUT2D eigenvalue weighted by molar-refractivity contribution is 6.21. The van der Waals surface area contributed by atoms with Gasteiger partial charge in [-0.25, -0.2) is 0 Å². The van der Waals surface area contributed by atoms with Gasteiger partial charge in [-0.1, -0.05) is 140 Å². The molecule has 0 aliphatic rings. The molecule has 0 aliphatic carbocycles. The van der Waals surface area contributed by atoms with Crippen molar-refractivity contribution in [2.24, 2.45) is 0 Å². The molecule has 0 unspecified atom stereocenters. The molecule has 0 spiro atoms. The van der Waals surface area contributed by atoms with Crippen molar-refractivity contribution in [1.82, 2.24) is 4.57 Å². The number of anilines is 3. The Kier molecular flexibility index (Phi) is 7.48. The molecule has 0 saturated heterocycles. The second-order valence-corrected chi connectivity index (χ2v) is 12.8. The van der Waals surface area contributed by atoms with Crippen molar-refractivity contribution >= 4 is 49.6 Å². The van der Waals surface area contributed by atoms with Gasteiger partial charge in [0.2, 0.25) is 0 Å². The van der Waals surface area contributed by atoms with Crippen LogP contribution in [-0.2, 0) is 6.42 Å². The third kappa shape index (κ3) is 5.05. The van der Waals surface area contributed by atoms with Gasteiger partial charge in [0.05, 0.1) is 22.4 Å². The van der Waals surface area contributed by atoms with E-state index >= 15 is 0 Å². The molecule has 1 aromatic heterocycles. The second kappa shape index (κ2) is 12.6. The number of para-hydroxylation sites is 3. The molecule has 0 N–H and O–H groups in total. The van der Waals surface area contributed by atoms with Gasteiger partial charge in [-0.05, 0) is 88.5 Å². The van der Waals surface area contributed by atoms with Crippen LogP contribution in [0.4, 0.5) is 17.1 Å². The Bertz CT molecular complexity index is 2630. The summed E-state index contributed by atoms with van der Waals surface area (Å²) in [7, 11) is 0. The van der Waals surface area contributed by atoms with Crippen molar-refractivity contribution in [2.75, 3.05) is 4.90 Å². The number of aromatic nitrogens is 1. The number of hydrogen-bond donors (Lipinski definition) is 0. The molecule has 0 atom stereocenters. The van der Waals surface area contributed by atoms with Crippen molar-refractivity contribution in [3.05, 3.63) is 194 Å². The van der Waals surface area contributed by atoms with E-state index in [2.05, 4.69) is 204 Å². The van der Waals surface area contributed by atoms with E-state index in [9.17, 15) is 0 Å². The first-order valence-corrected chi connectivity index (χ1v) is 17.4. The maximum atomic E-state index is 2.45. The first-order valence-electron chi connectivity index (χ1n) is 17.4. The van der Waals surface area contributed by atoms with Crippen LogP contribution in [0.5, 0.6) is 0 Å². The highest BCUT2D eigenvalue weighted by Gasteiger charge is 2.20. The zero-order valence-corrected chi connectivity index (χ0v) is 28.0. The predicted molar refractivity (Wildman–Crippen MR) is 213 cm³/mol. The fourth-order valence-electron chi connectivity index (χ4n) is 7.58. The zero-order valence-electron chi connectivity index (χ0n) is 28.0. The van der Waals surface area contributed by atoms with E-state index in [0.29, 0.717) is 0 Å². The minimum absolute atomic E-state index is 0.982. The summed E-state index contributed by atoms with van der Waals surface area (Å²) >= 11 is 0. The van der Waals surface area contributed by atoms with E-state index in [-0.39, 0.29) is 0 Å². The first-order chi connectivity index (χ1) is 24.8. The largest absolute Gasteiger partial charge is 0.310 e. The predicted octanol–water partition coefficient (Wildman–Crippen LogP) is 13.3. The Morgan fingerprint density at radius 3 is 1.98 bits per heavy atom. The maximum absolute atomic E-state index is 2.45. The van der Waals surface area contributed by atoms with Crippen molar-refractivity contribution < 1.29 is 0 Å². The monoisotopic (exact) mass is 640 g/mol. The topological polar surface area (TPSA) is 8.17 Å². The van der Waals surface area contributed by atoms with Gasteiger partial charge >= 0.3 is 0 Å². The molecule has 0 fully saturated rings. The van der Waals surface area contributed by atoms with Crippen LogP contribution in [-0.4, -0.2) is 4.57 Å². The van der Waals surface area contributed by atoms with Gasteiger partial charge in [-0.15, -0.1) is 0 Å². The molecular weight excluding hydrogens is 605 g/mol. The lowest BCUT2D eigenvalue weighted by molar-refractivity contribution is 1.14. The van der Waals surface area contributed by atoms with Crippen LogP contribution in [0, 0.1) is 0 Å². The molecule has 9 rings (SSSR count). The van der Waals surface area contributed by atoms with E-state index < -0.39 is 0 Å². The SMILES string of the molecule is CCc1ccc(N(c2ccccc2)c2cccc(-c3ccccc3-n3c4ccccc4c4c5ccccc5ccc43)c2)c(-c2ccccc2)c1. The fourth-order valence-corrected chi connectivity index (χ4v) is 7.58. The third-order valence-corrected chi connectivity index (χ3v) is 9.93.